The third kappa shape index (κ3) is 7.86. The lowest BCUT2D eigenvalue weighted by atomic mass is 10.00. The standard InChI is InChI=1S/C25H30ClNO5S/c1-31-24(28)16-18-7-10-23(21(26)15-18)33-13-3-12-32-22-9-8-19(4-2-11-27-30)25(29)20(22)14-17-5-6-17/h7-11,15,17,29-30H,2-6,12-14,16H2,1H3. The van der Waals surface area contributed by atoms with Crippen LogP contribution in [0.1, 0.15) is 42.4 Å². The summed E-state index contributed by atoms with van der Waals surface area (Å²) >= 11 is 8.01. The van der Waals surface area contributed by atoms with Gasteiger partial charge in [0.1, 0.15) is 11.5 Å². The van der Waals surface area contributed by atoms with Crippen molar-refractivity contribution in [3.05, 3.63) is 52.0 Å². The van der Waals surface area contributed by atoms with Gasteiger partial charge in [0.05, 0.1) is 25.2 Å². The number of halogens is 1. The van der Waals surface area contributed by atoms with Crippen LogP contribution in [-0.4, -0.2) is 42.0 Å². The molecular formula is C25H30ClNO5S. The molecule has 0 radical (unpaired) electrons. The van der Waals surface area contributed by atoms with Crippen LogP contribution >= 0.6 is 23.4 Å². The highest BCUT2D eigenvalue weighted by atomic mass is 35.5. The molecule has 2 N–H and O–H groups in total. The number of phenols is 1. The summed E-state index contributed by atoms with van der Waals surface area (Å²) in [6, 6.07) is 9.45. The van der Waals surface area contributed by atoms with Gasteiger partial charge in [0, 0.05) is 22.4 Å². The number of esters is 1. The van der Waals surface area contributed by atoms with Crippen LogP contribution in [0.25, 0.3) is 0 Å². The molecule has 0 aromatic heterocycles. The van der Waals surface area contributed by atoms with Crippen LogP contribution in [0.5, 0.6) is 11.5 Å². The summed E-state index contributed by atoms with van der Waals surface area (Å²) in [6.07, 6.45) is 6.85. The number of thioether (sulfide) groups is 1. The largest absolute Gasteiger partial charge is 0.507 e. The number of methoxy groups -OCH3 is 1. The lowest BCUT2D eigenvalue weighted by molar-refractivity contribution is -0.139. The number of oxime groups is 1. The van der Waals surface area contributed by atoms with E-state index in [1.807, 2.05) is 24.3 Å². The molecule has 1 saturated carbocycles. The monoisotopic (exact) mass is 491 g/mol. The van der Waals surface area contributed by atoms with Gasteiger partial charge in [-0.1, -0.05) is 23.7 Å². The maximum absolute atomic E-state index is 11.4. The Morgan fingerprint density at radius 1 is 1.30 bits per heavy atom. The van der Waals surface area contributed by atoms with E-state index in [1.54, 1.807) is 17.8 Å². The Labute approximate surface area is 203 Å². The van der Waals surface area contributed by atoms with E-state index in [2.05, 4.69) is 5.16 Å². The van der Waals surface area contributed by atoms with E-state index in [4.69, 9.17) is 26.3 Å². The van der Waals surface area contributed by atoms with Gasteiger partial charge >= 0.3 is 5.97 Å². The zero-order chi connectivity index (χ0) is 23.6. The SMILES string of the molecule is COC(=O)Cc1ccc(SCCCOc2ccc(CCC=NO)c(O)c2CC2CC2)c(Cl)c1. The molecule has 2 aromatic rings. The van der Waals surface area contributed by atoms with E-state index in [9.17, 15) is 9.90 Å². The summed E-state index contributed by atoms with van der Waals surface area (Å²) in [5, 5.41) is 23.0. The first kappa shape index (κ1) is 25.2. The second-order valence-corrected chi connectivity index (χ2v) is 9.65. The molecule has 8 heteroatoms. The maximum atomic E-state index is 11.4. The fourth-order valence-corrected chi connectivity index (χ4v) is 4.73. The Bertz CT molecular complexity index is 978. The summed E-state index contributed by atoms with van der Waals surface area (Å²) in [5.41, 5.74) is 2.56. The Kier molecular flexibility index (Phi) is 9.76. The predicted octanol–water partition coefficient (Wildman–Crippen LogP) is 5.67. The zero-order valence-corrected chi connectivity index (χ0v) is 20.3. The van der Waals surface area contributed by atoms with Gasteiger partial charge in [-0.3, -0.25) is 4.79 Å². The highest BCUT2D eigenvalue weighted by Crippen LogP contribution is 2.40. The van der Waals surface area contributed by atoms with Crippen LogP contribution in [0.2, 0.25) is 5.02 Å². The molecule has 0 aliphatic heterocycles. The molecule has 0 atom stereocenters. The first-order valence-corrected chi connectivity index (χ1v) is 12.5. The zero-order valence-electron chi connectivity index (χ0n) is 18.8. The van der Waals surface area contributed by atoms with Gasteiger partial charge in [0.25, 0.3) is 0 Å². The highest BCUT2D eigenvalue weighted by Gasteiger charge is 2.26. The van der Waals surface area contributed by atoms with Crippen molar-refractivity contribution in [2.24, 2.45) is 11.1 Å². The van der Waals surface area contributed by atoms with E-state index in [0.29, 0.717) is 36.1 Å². The summed E-state index contributed by atoms with van der Waals surface area (Å²) in [7, 11) is 1.37. The normalized spacial score (nSPS) is 13.4. The number of carbonyl (C=O) groups is 1. The van der Waals surface area contributed by atoms with E-state index < -0.39 is 0 Å². The average molecular weight is 492 g/mol. The molecule has 0 spiro atoms. The number of ether oxygens (including phenoxy) is 2. The minimum Gasteiger partial charge on any atom is -0.507 e. The number of phenolic OH excluding ortho intramolecular Hbond substituents is 1. The van der Waals surface area contributed by atoms with Crippen molar-refractivity contribution in [3.8, 4) is 11.5 Å². The van der Waals surface area contributed by atoms with Crippen LogP contribution in [0.4, 0.5) is 0 Å². The fourth-order valence-electron chi connectivity index (χ4n) is 3.52. The Morgan fingerprint density at radius 3 is 2.82 bits per heavy atom. The van der Waals surface area contributed by atoms with Crippen LogP contribution in [0, 0.1) is 5.92 Å². The van der Waals surface area contributed by atoms with Gasteiger partial charge in [0.15, 0.2) is 0 Å². The minimum absolute atomic E-state index is 0.207. The first-order chi connectivity index (χ1) is 16.0. The molecular weight excluding hydrogens is 462 g/mol. The lowest BCUT2D eigenvalue weighted by Crippen LogP contribution is -2.04. The molecule has 0 bridgehead atoms. The minimum atomic E-state index is -0.289. The van der Waals surface area contributed by atoms with Crippen molar-refractivity contribution in [3.63, 3.8) is 0 Å². The maximum Gasteiger partial charge on any atom is 0.309 e. The molecule has 178 valence electrons. The molecule has 0 saturated heterocycles. The summed E-state index contributed by atoms with van der Waals surface area (Å²) < 4.78 is 10.7. The fraction of sp³-hybridized carbons (Fsp3) is 0.440. The number of benzene rings is 2. The summed E-state index contributed by atoms with van der Waals surface area (Å²) in [4.78, 5) is 12.4. The van der Waals surface area contributed by atoms with Crippen molar-refractivity contribution in [1.29, 1.82) is 0 Å². The molecule has 6 nitrogen and oxygen atoms in total. The molecule has 1 fully saturated rings. The second kappa shape index (κ2) is 12.8. The van der Waals surface area contributed by atoms with Gasteiger partial charge in [-0.05, 0) is 73.8 Å². The third-order valence-electron chi connectivity index (χ3n) is 5.51. The third-order valence-corrected chi connectivity index (χ3v) is 7.10. The van der Waals surface area contributed by atoms with Gasteiger partial charge < -0.3 is 19.8 Å². The quantitative estimate of drug-likeness (QED) is 0.0937. The van der Waals surface area contributed by atoms with E-state index in [-0.39, 0.29) is 12.4 Å². The number of aryl methyl sites for hydroxylation is 1. The number of hydrogen-bond donors (Lipinski definition) is 2. The van der Waals surface area contributed by atoms with Gasteiger partial charge in [-0.15, -0.1) is 16.9 Å². The molecule has 0 amide bonds. The smallest absolute Gasteiger partial charge is 0.309 e. The van der Waals surface area contributed by atoms with Crippen LogP contribution < -0.4 is 4.74 Å². The molecule has 1 aliphatic carbocycles. The van der Waals surface area contributed by atoms with Crippen molar-refractivity contribution >= 4 is 35.5 Å². The number of hydrogen-bond acceptors (Lipinski definition) is 7. The Morgan fingerprint density at radius 2 is 2.12 bits per heavy atom. The molecule has 0 unspecified atom stereocenters. The van der Waals surface area contributed by atoms with Crippen LogP contribution in [-0.2, 0) is 28.8 Å². The Hall–Kier alpha value is -2.38. The predicted molar refractivity (Wildman–Crippen MR) is 131 cm³/mol. The van der Waals surface area contributed by atoms with Crippen LogP contribution in [0.3, 0.4) is 0 Å². The van der Waals surface area contributed by atoms with E-state index in [1.165, 1.54) is 26.2 Å². The molecule has 0 heterocycles. The molecule has 1 aliphatic rings. The molecule has 3 rings (SSSR count). The van der Waals surface area contributed by atoms with Gasteiger partial charge in [-0.2, -0.15) is 0 Å². The first-order valence-electron chi connectivity index (χ1n) is 11.1. The van der Waals surface area contributed by atoms with E-state index in [0.717, 1.165) is 45.9 Å². The molecule has 2 aromatic carbocycles. The number of rotatable bonds is 13. The topological polar surface area (TPSA) is 88.4 Å². The van der Waals surface area contributed by atoms with Crippen molar-refractivity contribution < 1.29 is 24.6 Å². The molecule has 33 heavy (non-hydrogen) atoms. The van der Waals surface area contributed by atoms with Crippen molar-refractivity contribution in [2.75, 3.05) is 19.5 Å². The number of carbonyl (C=O) groups excluding carboxylic acids is 1. The second-order valence-electron chi connectivity index (χ2n) is 8.10. The highest BCUT2D eigenvalue weighted by molar-refractivity contribution is 7.99. The average Bonchev–Trinajstić information content (AvgIpc) is 3.62. The van der Waals surface area contributed by atoms with Crippen molar-refractivity contribution in [1.82, 2.24) is 0 Å². The van der Waals surface area contributed by atoms with Crippen LogP contribution in [0.15, 0.2) is 40.4 Å². The Balaban J connectivity index is 1.51. The summed E-state index contributed by atoms with van der Waals surface area (Å²) in [5.74, 6) is 2.21. The van der Waals surface area contributed by atoms with Crippen molar-refractivity contribution in [2.45, 2.75) is 49.8 Å². The van der Waals surface area contributed by atoms with Gasteiger partial charge in [0.2, 0.25) is 0 Å². The van der Waals surface area contributed by atoms with Gasteiger partial charge in [-0.25, -0.2) is 0 Å². The number of nitrogens with zero attached hydrogens (tertiary/aromatic N) is 1. The van der Waals surface area contributed by atoms with E-state index >= 15 is 0 Å². The number of aromatic hydroxyl groups is 1. The lowest BCUT2D eigenvalue weighted by Gasteiger charge is -2.16. The summed E-state index contributed by atoms with van der Waals surface area (Å²) in [6.45, 7) is 0.540.